The Morgan fingerprint density at radius 1 is 1.40 bits per heavy atom. The van der Waals surface area contributed by atoms with Crippen molar-refractivity contribution in [2.45, 2.75) is 32.7 Å². The predicted molar refractivity (Wildman–Crippen MR) is 83.8 cm³/mol. The third-order valence-corrected chi connectivity index (χ3v) is 3.78. The molecule has 20 heavy (non-hydrogen) atoms. The van der Waals surface area contributed by atoms with Gasteiger partial charge in [-0.1, -0.05) is 25.5 Å². The summed E-state index contributed by atoms with van der Waals surface area (Å²) in [5, 5.41) is 5.90. The van der Waals surface area contributed by atoms with Gasteiger partial charge in [0.15, 0.2) is 0 Å². The predicted octanol–water partition coefficient (Wildman–Crippen LogP) is 3.18. The van der Waals surface area contributed by atoms with Gasteiger partial charge in [-0.3, -0.25) is 4.79 Å². The molecule has 1 heterocycles. The molecule has 2 rings (SSSR count). The molecule has 0 radical (unpaired) electrons. The van der Waals surface area contributed by atoms with E-state index in [4.69, 9.17) is 5.73 Å². The van der Waals surface area contributed by atoms with Crippen molar-refractivity contribution in [3.05, 3.63) is 34.7 Å². The molecule has 1 atom stereocenters. The highest BCUT2D eigenvalue weighted by Crippen LogP contribution is 2.23. The molecule has 0 unspecified atom stereocenters. The zero-order chi connectivity index (χ0) is 14.5. The van der Waals surface area contributed by atoms with Gasteiger partial charge in [0, 0.05) is 16.6 Å². The Labute approximate surface area is 123 Å². The summed E-state index contributed by atoms with van der Waals surface area (Å²) in [5.74, 6) is -0.135. The molecule has 0 spiro atoms. The van der Waals surface area contributed by atoms with Crippen molar-refractivity contribution in [1.29, 1.82) is 0 Å². The van der Waals surface area contributed by atoms with Gasteiger partial charge in [0.1, 0.15) is 0 Å². The molecule has 1 aromatic heterocycles. The first kappa shape index (κ1) is 14.7. The van der Waals surface area contributed by atoms with Crippen LogP contribution in [0.1, 0.15) is 24.8 Å². The van der Waals surface area contributed by atoms with Crippen molar-refractivity contribution in [2.24, 2.45) is 5.73 Å². The fourth-order valence-corrected chi connectivity index (χ4v) is 2.52. The number of benzene rings is 1. The maximum atomic E-state index is 11.8. The van der Waals surface area contributed by atoms with E-state index in [1.165, 1.54) is 0 Å². The van der Waals surface area contributed by atoms with Crippen LogP contribution in [0.25, 0.3) is 11.3 Å². The molecule has 2 aromatic rings. The number of nitrogens with zero attached hydrogens (tertiary/aromatic N) is 1. The van der Waals surface area contributed by atoms with Crippen LogP contribution in [0.5, 0.6) is 0 Å². The van der Waals surface area contributed by atoms with E-state index in [-0.39, 0.29) is 5.91 Å². The third kappa shape index (κ3) is 3.65. The van der Waals surface area contributed by atoms with Crippen LogP contribution in [-0.2, 0) is 4.79 Å². The Morgan fingerprint density at radius 3 is 2.65 bits per heavy atom. The van der Waals surface area contributed by atoms with Gasteiger partial charge < -0.3 is 11.1 Å². The van der Waals surface area contributed by atoms with Crippen molar-refractivity contribution in [3.8, 4) is 11.3 Å². The smallest absolute Gasteiger partial charge is 0.241 e. The third-order valence-electron chi connectivity index (χ3n) is 3.00. The Morgan fingerprint density at radius 2 is 2.10 bits per heavy atom. The lowest BCUT2D eigenvalue weighted by atomic mass is 10.1. The minimum atomic E-state index is -0.444. The normalized spacial score (nSPS) is 12.2. The maximum absolute atomic E-state index is 11.8. The number of nitrogens with one attached hydrogen (secondary N) is 1. The zero-order valence-corrected chi connectivity index (χ0v) is 12.5. The van der Waals surface area contributed by atoms with E-state index in [1.54, 1.807) is 11.3 Å². The second kappa shape index (κ2) is 6.63. The van der Waals surface area contributed by atoms with Crippen LogP contribution in [0.3, 0.4) is 0 Å². The summed E-state index contributed by atoms with van der Waals surface area (Å²) < 4.78 is 0. The van der Waals surface area contributed by atoms with Crippen molar-refractivity contribution < 1.29 is 4.79 Å². The Kier molecular flexibility index (Phi) is 4.87. The first-order valence-electron chi connectivity index (χ1n) is 6.69. The van der Waals surface area contributed by atoms with E-state index in [9.17, 15) is 4.79 Å². The van der Waals surface area contributed by atoms with Crippen LogP contribution in [0.15, 0.2) is 29.6 Å². The molecule has 3 N–H and O–H groups in total. The molecular weight excluding hydrogens is 270 g/mol. The van der Waals surface area contributed by atoms with E-state index in [2.05, 4.69) is 10.3 Å². The molecule has 1 amide bonds. The first-order valence-corrected chi connectivity index (χ1v) is 7.57. The van der Waals surface area contributed by atoms with E-state index in [0.29, 0.717) is 6.42 Å². The molecule has 0 aliphatic heterocycles. The van der Waals surface area contributed by atoms with Gasteiger partial charge in [-0.05, 0) is 25.5 Å². The molecule has 0 saturated carbocycles. The van der Waals surface area contributed by atoms with Crippen LogP contribution in [-0.4, -0.2) is 16.9 Å². The summed E-state index contributed by atoms with van der Waals surface area (Å²) in [6, 6.07) is 7.22. The van der Waals surface area contributed by atoms with E-state index in [1.807, 2.05) is 43.5 Å². The maximum Gasteiger partial charge on any atom is 0.241 e. The van der Waals surface area contributed by atoms with E-state index < -0.39 is 6.04 Å². The number of rotatable bonds is 5. The van der Waals surface area contributed by atoms with Crippen LogP contribution in [0.2, 0.25) is 0 Å². The van der Waals surface area contributed by atoms with Gasteiger partial charge in [0.05, 0.1) is 16.7 Å². The summed E-state index contributed by atoms with van der Waals surface area (Å²) in [7, 11) is 0. The van der Waals surface area contributed by atoms with E-state index >= 15 is 0 Å². The lowest BCUT2D eigenvalue weighted by Gasteiger charge is -2.11. The fourth-order valence-electron chi connectivity index (χ4n) is 1.90. The zero-order valence-electron chi connectivity index (χ0n) is 11.7. The Hall–Kier alpha value is -1.72. The number of nitrogens with two attached hydrogens (primary N) is 1. The van der Waals surface area contributed by atoms with Gasteiger partial charge in [-0.2, -0.15) is 0 Å². The van der Waals surface area contributed by atoms with Crippen molar-refractivity contribution in [2.75, 3.05) is 5.32 Å². The molecule has 5 heteroatoms. The van der Waals surface area contributed by atoms with Gasteiger partial charge in [0.2, 0.25) is 5.91 Å². The van der Waals surface area contributed by atoms with Crippen molar-refractivity contribution >= 4 is 22.9 Å². The number of thiazole rings is 1. The van der Waals surface area contributed by atoms with Gasteiger partial charge in [-0.15, -0.1) is 11.3 Å². The highest BCUT2D eigenvalue weighted by Gasteiger charge is 2.12. The lowest BCUT2D eigenvalue weighted by molar-refractivity contribution is -0.117. The van der Waals surface area contributed by atoms with Gasteiger partial charge >= 0.3 is 0 Å². The second-order valence-corrected chi connectivity index (χ2v) is 5.78. The monoisotopic (exact) mass is 289 g/mol. The number of carbonyl (C=O) groups is 1. The standard InChI is InChI=1S/C15H19N3OS/c1-3-4-13(16)15(19)18-12-7-5-11(6-8-12)14-9-20-10(2)17-14/h5-9,13H,3-4,16H2,1-2H3,(H,18,19)/t13-/m0/s1. The Bertz CT molecular complexity index is 577. The lowest BCUT2D eigenvalue weighted by Crippen LogP contribution is -2.35. The molecule has 0 bridgehead atoms. The minimum absolute atomic E-state index is 0.135. The summed E-state index contributed by atoms with van der Waals surface area (Å²) in [4.78, 5) is 16.2. The number of hydrogen-bond acceptors (Lipinski definition) is 4. The summed E-state index contributed by atoms with van der Waals surface area (Å²) in [6.07, 6.45) is 1.60. The number of hydrogen-bond donors (Lipinski definition) is 2. The van der Waals surface area contributed by atoms with Gasteiger partial charge in [-0.25, -0.2) is 4.98 Å². The number of aromatic nitrogens is 1. The van der Waals surface area contributed by atoms with Crippen LogP contribution in [0.4, 0.5) is 5.69 Å². The quantitative estimate of drug-likeness (QED) is 0.888. The van der Waals surface area contributed by atoms with Crippen molar-refractivity contribution in [3.63, 3.8) is 0 Å². The number of amides is 1. The highest BCUT2D eigenvalue weighted by molar-refractivity contribution is 7.09. The highest BCUT2D eigenvalue weighted by atomic mass is 32.1. The average molecular weight is 289 g/mol. The largest absolute Gasteiger partial charge is 0.325 e. The fraction of sp³-hybridized carbons (Fsp3) is 0.333. The van der Waals surface area contributed by atoms with Crippen molar-refractivity contribution in [1.82, 2.24) is 4.98 Å². The van der Waals surface area contributed by atoms with Crippen LogP contribution >= 0.6 is 11.3 Å². The molecule has 106 valence electrons. The van der Waals surface area contributed by atoms with E-state index in [0.717, 1.165) is 28.4 Å². The molecule has 0 saturated heterocycles. The molecule has 0 fully saturated rings. The average Bonchev–Trinajstić information content (AvgIpc) is 2.86. The van der Waals surface area contributed by atoms with Crippen LogP contribution < -0.4 is 11.1 Å². The summed E-state index contributed by atoms with van der Waals surface area (Å²) in [6.45, 7) is 4.00. The van der Waals surface area contributed by atoms with Gasteiger partial charge in [0.25, 0.3) is 0 Å². The molecule has 4 nitrogen and oxygen atoms in total. The Balaban J connectivity index is 2.03. The van der Waals surface area contributed by atoms with Crippen LogP contribution in [0, 0.1) is 6.92 Å². The second-order valence-electron chi connectivity index (χ2n) is 4.71. The number of aryl methyl sites for hydroxylation is 1. The number of anilines is 1. The molecule has 0 aliphatic rings. The summed E-state index contributed by atoms with van der Waals surface area (Å²) in [5.41, 5.74) is 8.55. The summed E-state index contributed by atoms with van der Waals surface area (Å²) >= 11 is 1.63. The molecule has 1 aromatic carbocycles. The first-order chi connectivity index (χ1) is 9.60. The topological polar surface area (TPSA) is 68.0 Å². The minimum Gasteiger partial charge on any atom is -0.325 e. The number of carbonyl (C=O) groups excluding carboxylic acids is 1. The SMILES string of the molecule is CCC[C@H](N)C(=O)Nc1ccc(-c2csc(C)n2)cc1. The molecule has 0 aliphatic carbocycles. The molecular formula is C15H19N3OS.